The van der Waals surface area contributed by atoms with Gasteiger partial charge in [0.25, 0.3) is 0 Å². The fraction of sp³-hybridized carbons (Fsp3) is 0.360. The Hall–Kier alpha value is -3.43. The number of fused-ring (bicyclic) bond motifs is 1. The lowest BCUT2D eigenvalue weighted by molar-refractivity contribution is -0.125. The molecule has 182 valence electrons. The van der Waals surface area contributed by atoms with Crippen molar-refractivity contribution < 1.29 is 14.3 Å². The fourth-order valence-electron chi connectivity index (χ4n) is 4.42. The number of amides is 2. The maximum Gasteiger partial charge on any atom is 0.242 e. The van der Waals surface area contributed by atoms with E-state index in [1.165, 1.54) is 5.56 Å². The molecule has 2 N–H and O–H groups in total. The van der Waals surface area contributed by atoms with Gasteiger partial charge < -0.3 is 19.9 Å². The van der Waals surface area contributed by atoms with Crippen LogP contribution in [0.15, 0.2) is 48.5 Å². The van der Waals surface area contributed by atoms with Crippen LogP contribution in [0, 0.1) is 0 Å². The lowest BCUT2D eigenvalue weighted by Crippen LogP contribution is -2.41. The third-order valence-electron chi connectivity index (χ3n) is 6.28. The Morgan fingerprint density at radius 3 is 2.74 bits per heavy atom. The minimum absolute atomic E-state index is 0.0799. The van der Waals surface area contributed by atoms with E-state index in [1.54, 1.807) is 0 Å². The Balaban J connectivity index is 1.16. The largest absolute Gasteiger partial charge is 0.457 e. The fourth-order valence-corrected chi connectivity index (χ4v) is 4.55. The summed E-state index contributed by atoms with van der Waals surface area (Å²) in [6.45, 7) is 3.54. The van der Waals surface area contributed by atoms with E-state index in [0.717, 1.165) is 55.7 Å². The molecule has 2 aliphatic heterocycles. The second kappa shape index (κ2) is 10.5. The Bertz CT molecular complexity index is 1210. The third-order valence-corrected chi connectivity index (χ3v) is 6.53. The number of nitrogens with zero attached hydrogens (tertiary/aromatic N) is 4. The molecule has 1 aromatic heterocycles. The number of hydrogen-bond donors (Lipinski definition) is 2. The van der Waals surface area contributed by atoms with Gasteiger partial charge in [0, 0.05) is 44.0 Å². The zero-order valence-electron chi connectivity index (χ0n) is 19.2. The Morgan fingerprint density at radius 2 is 1.94 bits per heavy atom. The van der Waals surface area contributed by atoms with Gasteiger partial charge in [0.15, 0.2) is 5.82 Å². The highest BCUT2D eigenvalue weighted by Crippen LogP contribution is 2.24. The van der Waals surface area contributed by atoms with Crippen LogP contribution in [0.2, 0.25) is 5.02 Å². The summed E-state index contributed by atoms with van der Waals surface area (Å²) in [4.78, 5) is 26.1. The standard InChI is InChI=1S/C25H27ClN6O3/c26-18-4-6-19(7-5-18)35-20-3-1-2-17(14-20)16-31-11-10-22-29-30-23(32(22)13-12-31)15-27-25(34)21-8-9-24(33)28-21/h1-7,14,21H,8-13,15-16H2,(H,27,34)(H,28,33). The monoisotopic (exact) mass is 494 g/mol. The molecule has 1 saturated heterocycles. The summed E-state index contributed by atoms with van der Waals surface area (Å²) < 4.78 is 8.06. The summed E-state index contributed by atoms with van der Waals surface area (Å²) in [5, 5.41) is 14.9. The van der Waals surface area contributed by atoms with Crippen LogP contribution in [-0.4, -0.2) is 50.6 Å². The van der Waals surface area contributed by atoms with Gasteiger partial charge >= 0.3 is 0 Å². The molecule has 2 aliphatic rings. The summed E-state index contributed by atoms with van der Waals surface area (Å²) in [6, 6.07) is 15.0. The van der Waals surface area contributed by atoms with E-state index < -0.39 is 6.04 Å². The minimum atomic E-state index is -0.455. The van der Waals surface area contributed by atoms with E-state index in [2.05, 4.69) is 42.4 Å². The van der Waals surface area contributed by atoms with Gasteiger partial charge in [-0.15, -0.1) is 10.2 Å². The molecule has 2 aromatic carbocycles. The molecular formula is C25H27ClN6O3. The zero-order valence-corrected chi connectivity index (χ0v) is 20.0. The second-order valence-electron chi connectivity index (χ2n) is 8.79. The molecule has 3 heterocycles. The van der Waals surface area contributed by atoms with Gasteiger partial charge in [-0.2, -0.15) is 0 Å². The van der Waals surface area contributed by atoms with Crippen molar-refractivity contribution >= 4 is 23.4 Å². The molecule has 0 saturated carbocycles. The van der Waals surface area contributed by atoms with Gasteiger partial charge in [0.1, 0.15) is 23.4 Å². The molecule has 1 atom stereocenters. The summed E-state index contributed by atoms with van der Waals surface area (Å²) in [5.41, 5.74) is 1.17. The summed E-state index contributed by atoms with van der Waals surface area (Å²) in [7, 11) is 0. The quantitative estimate of drug-likeness (QED) is 0.523. The minimum Gasteiger partial charge on any atom is -0.457 e. The van der Waals surface area contributed by atoms with Crippen LogP contribution in [0.5, 0.6) is 11.5 Å². The second-order valence-corrected chi connectivity index (χ2v) is 9.23. The number of nitrogens with one attached hydrogen (secondary N) is 2. The molecule has 1 fully saturated rings. The highest BCUT2D eigenvalue weighted by molar-refractivity contribution is 6.30. The van der Waals surface area contributed by atoms with Crippen molar-refractivity contribution in [1.29, 1.82) is 0 Å². The van der Waals surface area contributed by atoms with E-state index in [-0.39, 0.29) is 11.8 Å². The molecule has 35 heavy (non-hydrogen) atoms. The molecule has 0 bridgehead atoms. The summed E-state index contributed by atoms with van der Waals surface area (Å²) in [5.74, 6) is 2.93. The van der Waals surface area contributed by atoms with Crippen molar-refractivity contribution in [3.63, 3.8) is 0 Å². The first-order chi connectivity index (χ1) is 17.0. The number of carbonyl (C=O) groups is 2. The van der Waals surface area contributed by atoms with Gasteiger partial charge in [-0.1, -0.05) is 23.7 Å². The Labute approximate surface area is 208 Å². The van der Waals surface area contributed by atoms with Crippen LogP contribution in [0.3, 0.4) is 0 Å². The molecule has 0 radical (unpaired) electrons. The van der Waals surface area contributed by atoms with E-state index in [4.69, 9.17) is 16.3 Å². The summed E-state index contributed by atoms with van der Waals surface area (Å²) in [6.07, 6.45) is 1.70. The zero-order chi connectivity index (χ0) is 24.2. The van der Waals surface area contributed by atoms with Crippen molar-refractivity contribution in [2.75, 3.05) is 13.1 Å². The average Bonchev–Trinajstić information content (AvgIpc) is 3.41. The number of halogens is 1. The lowest BCUT2D eigenvalue weighted by Gasteiger charge is -2.20. The highest BCUT2D eigenvalue weighted by atomic mass is 35.5. The van der Waals surface area contributed by atoms with Gasteiger partial charge in [-0.05, 0) is 48.4 Å². The highest BCUT2D eigenvalue weighted by Gasteiger charge is 2.27. The van der Waals surface area contributed by atoms with Crippen LogP contribution >= 0.6 is 11.6 Å². The molecule has 1 unspecified atom stereocenters. The van der Waals surface area contributed by atoms with Crippen LogP contribution in [0.25, 0.3) is 0 Å². The molecule has 10 heteroatoms. The van der Waals surface area contributed by atoms with Gasteiger partial charge in [-0.25, -0.2) is 0 Å². The number of carbonyl (C=O) groups excluding carboxylic acids is 2. The first-order valence-corrected chi connectivity index (χ1v) is 12.1. The van der Waals surface area contributed by atoms with Crippen LogP contribution < -0.4 is 15.4 Å². The predicted octanol–water partition coefficient (Wildman–Crippen LogP) is 2.68. The van der Waals surface area contributed by atoms with Gasteiger partial charge in [0.2, 0.25) is 11.8 Å². The van der Waals surface area contributed by atoms with E-state index in [1.807, 2.05) is 36.4 Å². The molecule has 5 rings (SSSR count). The van der Waals surface area contributed by atoms with Gasteiger partial charge in [0.05, 0.1) is 6.54 Å². The molecule has 3 aromatic rings. The van der Waals surface area contributed by atoms with E-state index in [0.29, 0.717) is 24.4 Å². The van der Waals surface area contributed by atoms with Crippen molar-refractivity contribution in [1.82, 2.24) is 30.3 Å². The van der Waals surface area contributed by atoms with E-state index in [9.17, 15) is 9.59 Å². The maximum atomic E-state index is 12.3. The van der Waals surface area contributed by atoms with Crippen LogP contribution in [0.1, 0.15) is 30.1 Å². The number of aromatic nitrogens is 3. The topological polar surface area (TPSA) is 101 Å². The number of benzene rings is 2. The van der Waals surface area contributed by atoms with Crippen molar-refractivity contribution in [3.05, 3.63) is 70.8 Å². The third kappa shape index (κ3) is 5.80. The molecular weight excluding hydrogens is 468 g/mol. The van der Waals surface area contributed by atoms with Crippen molar-refractivity contribution in [2.24, 2.45) is 0 Å². The first-order valence-electron chi connectivity index (χ1n) is 11.8. The van der Waals surface area contributed by atoms with Gasteiger partial charge in [-0.3, -0.25) is 14.5 Å². The molecule has 0 spiro atoms. The first kappa shape index (κ1) is 23.3. The normalized spacial score (nSPS) is 18.0. The average molecular weight is 495 g/mol. The SMILES string of the molecule is O=C1CCC(C(=O)NCc2nnc3n2CCN(Cc2cccc(Oc4ccc(Cl)cc4)c2)CC3)N1. The van der Waals surface area contributed by atoms with E-state index >= 15 is 0 Å². The predicted molar refractivity (Wildman–Crippen MR) is 130 cm³/mol. The Morgan fingerprint density at radius 1 is 1.09 bits per heavy atom. The van der Waals surface area contributed by atoms with Crippen molar-refractivity contribution in [3.8, 4) is 11.5 Å². The summed E-state index contributed by atoms with van der Waals surface area (Å²) >= 11 is 5.96. The number of hydrogen-bond acceptors (Lipinski definition) is 6. The Kier molecular flexibility index (Phi) is 6.96. The number of rotatable bonds is 7. The molecule has 9 nitrogen and oxygen atoms in total. The molecule has 0 aliphatic carbocycles. The smallest absolute Gasteiger partial charge is 0.242 e. The molecule has 2 amide bonds. The maximum absolute atomic E-state index is 12.3. The number of ether oxygens (including phenoxy) is 1. The van der Waals surface area contributed by atoms with Crippen LogP contribution in [0.4, 0.5) is 0 Å². The lowest BCUT2D eigenvalue weighted by atomic mass is 10.2. The van der Waals surface area contributed by atoms with Crippen LogP contribution in [-0.2, 0) is 35.6 Å². The van der Waals surface area contributed by atoms with Crippen molar-refractivity contribution in [2.45, 2.75) is 44.9 Å².